The molecular weight excluding hydrogens is 242 g/mol. The van der Waals surface area contributed by atoms with Gasteiger partial charge in [-0.3, -0.25) is 0 Å². The lowest BCUT2D eigenvalue weighted by Gasteiger charge is -2.33. The second-order valence-electron chi connectivity index (χ2n) is 5.36. The summed E-state index contributed by atoms with van der Waals surface area (Å²) in [7, 11) is 0. The zero-order valence-corrected chi connectivity index (χ0v) is 10.8. The minimum absolute atomic E-state index is 0.103. The van der Waals surface area contributed by atoms with Gasteiger partial charge in [0.15, 0.2) is 0 Å². The largest absolute Gasteiger partial charge is 0.477 e. The van der Waals surface area contributed by atoms with Crippen molar-refractivity contribution < 1.29 is 9.90 Å². The number of aromatic nitrogens is 2. The van der Waals surface area contributed by atoms with Crippen molar-refractivity contribution in [3.8, 4) is 0 Å². The molecule has 5 heteroatoms. The van der Waals surface area contributed by atoms with Gasteiger partial charge in [-0.1, -0.05) is 6.92 Å². The van der Waals surface area contributed by atoms with Crippen LogP contribution in [0.1, 0.15) is 35.8 Å². The van der Waals surface area contributed by atoms with Crippen LogP contribution in [-0.4, -0.2) is 27.1 Å². The number of fused-ring (bicyclic) bond motifs is 1. The van der Waals surface area contributed by atoms with E-state index >= 15 is 0 Å². The molecule has 0 bridgehead atoms. The van der Waals surface area contributed by atoms with Gasteiger partial charge in [0.25, 0.3) is 0 Å². The van der Waals surface area contributed by atoms with Crippen molar-refractivity contribution >= 4 is 17.0 Å². The van der Waals surface area contributed by atoms with E-state index in [4.69, 9.17) is 5.11 Å². The fourth-order valence-electron chi connectivity index (χ4n) is 2.68. The Morgan fingerprint density at radius 1 is 1.58 bits per heavy atom. The van der Waals surface area contributed by atoms with E-state index in [2.05, 4.69) is 22.2 Å². The SMILES string of the molecule is CC1CC(NCc2cc(C(=O)O)nc3cc[nH]c23)C1. The normalized spacial score (nSPS) is 22.4. The molecule has 100 valence electrons. The molecule has 0 spiro atoms. The summed E-state index contributed by atoms with van der Waals surface area (Å²) in [6, 6.07) is 4.01. The van der Waals surface area contributed by atoms with Crippen LogP contribution in [0.2, 0.25) is 0 Å². The van der Waals surface area contributed by atoms with E-state index < -0.39 is 5.97 Å². The van der Waals surface area contributed by atoms with E-state index in [0.717, 1.165) is 17.0 Å². The number of carboxylic acids is 1. The van der Waals surface area contributed by atoms with E-state index in [0.29, 0.717) is 18.1 Å². The van der Waals surface area contributed by atoms with Crippen LogP contribution >= 0.6 is 0 Å². The van der Waals surface area contributed by atoms with Crippen molar-refractivity contribution in [2.24, 2.45) is 5.92 Å². The molecule has 1 fully saturated rings. The second-order valence-corrected chi connectivity index (χ2v) is 5.36. The molecule has 0 radical (unpaired) electrons. The quantitative estimate of drug-likeness (QED) is 0.786. The number of hydrogen-bond donors (Lipinski definition) is 3. The summed E-state index contributed by atoms with van der Waals surface area (Å²) in [5, 5.41) is 12.6. The van der Waals surface area contributed by atoms with Crippen molar-refractivity contribution in [1.29, 1.82) is 0 Å². The number of aromatic carboxylic acids is 1. The van der Waals surface area contributed by atoms with Crippen LogP contribution in [0.5, 0.6) is 0 Å². The summed E-state index contributed by atoms with van der Waals surface area (Å²) >= 11 is 0. The van der Waals surface area contributed by atoms with Crippen LogP contribution in [0, 0.1) is 5.92 Å². The number of carboxylic acid groups (broad SMARTS) is 1. The highest BCUT2D eigenvalue weighted by Gasteiger charge is 2.24. The van der Waals surface area contributed by atoms with Gasteiger partial charge >= 0.3 is 5.97 Å². The molecule has 1 saturated carbocycles. The molecule has 19 heavy (non-hydrogen) atoms. The summed E-state index contributed by atoms with van der Waals surface area (Å²) in [5.41, 5.74) is 2.70. The van der Waals surface area contributed by atoms with Gasteiger partial charge in [-0.2, -0.15) is 0 Å². The van der Waals surface area contributed by atoms with Crippen LogP contribution in [-0.2, 0) is 6.54 Å². The summed E-state index contributed by atoms with van der Waals surface area (Å²) in [6.45, 7) is 2.92. The van der Waals surface area contributed by atoms with E-state index in [1.165, 1.54) is 12.8 Å². The summed E-state index contributed by atoms with van der Waals surface area (Å²) in [5.74, 6) is -0.184. The lowest BCUT2D eigenvalue weighted by molar-refractivity contribution is 0.0691. The maximum atomic E-state index is 11.1. The van der Waals surface area contributed by atoms with Gasteiger partial charge in [0, 0.05) is 18.8 Å². The highest BCUT2D eigenvalue weighted by Crippen LogP contribution is 2.27. The minimum atomic E-state index is -0.985. The van der Waals surface area contributed by atoms with E-state index in [-0.39, 0.29) is 5.69 Å². The predicted molar refractivity (Wildman–Crippen MR) is 72.1 cm³/mol. The number of pyridine rings is 1. The second kappa shape index (κ2) is 4.66. The Hall–Kier alpha value is -1.88. The van der Waals surface area contributed by atoms with Crippen LogP contribution in [0.3, 0.4) is 0 Å². The standard InChI is InChI=1S/C14H17N3O2/c1-8-4-10(5-8)16-7-9-6-12(14(18)19)17-11-2-3-15-13(9)11/h2-3,6,8,10,15-16H,4-5,7H2,1H3,(H,18,19). The molecule has 2 heterocycles. The van der Waals surface area contributed by atoms with Crippen LogP contribution in [0.15, 0.2) is 18.3 Å². The number of nitrogens with one attached hydrogen (secondary N) is 2. The van der Waals surface area contributed by atoms with Crippen LogP contribution in [0.25, 0.3) is 11.0 Å². The van der Waals surface area contributed by atoms with Gasteiger partial charge in [0.1, 0.15) is 5.69 Å². The number of aromatic amines is 1. The third kappa shape index (κ3) is 2.33. The summed E-state index contributed by atoms with van der Waals surface area (Å²) in [6.07, 6.45) is 4.19. The van der Waals surface area contributed by atoms with Gasteiger partial charge in [0.2, 0.25) is 0 Å². The van der Waals surface area contributed by atoms with Gasteiger partial charge in [-0.05, 0) is 36.5 Å². The lowest BCUT2D eigenvalue weighted by atomic mass is 9.82. The molecule has 1 aliphatic rings. The van der Waals surface area contributed by atoms with Crippen molar-refractivity contribution in [2.75, 3.05) is 0 Å². The van der Waals surface area contributed by atoms with E-state index in [1.807, 2.05) is 0 Å². The Kier molecular flexibility index (Phi) is 2.98. The molecule has 2 aromatic rings. The number of hydrogen-bond acceptors (Lipinski definition) is 3. The van der Waals surface area contributed by atoms with Gasteiger partial charge in [0.05, 0.1) is 11.0 Å². The predicted octanol–water partition coefficient (Wildman–Crippen LogP) is 2.15. The number of nitrogens with zero attached hydrogens (tertiary/aromatic N) is 1. The maximum absolute atomic E-state index is 11.1. The van der Waals surface area contributed by atoms with Gasteiger partial charge in [-0.25, -0.2) is 9.78 Å². The molecule has 0 aromatic carbocycles. The molecule has 3 N–H and O–H groups in total. The first kappa shape index (κ1) is 12.2. The van der Waals surface area contributed by atoms with Crippen LogP contribution in [0.4, 0.5) is 0 Å². The average Bonchev–Trinajstić information content (AvgIpc) is 2.80. The van der Waals surface area contributed by atoms with Crippen LogP contribution < -0.4 is 5.32 Å². The lowest BCUT2D eigenvalue weighted by Crippen LogP contribution is -2.39. The molecule has 1 aliphatic carbocycles. The average molecular weight is 259 g/mol. The van der Waals surface area contributed by atoms with E-state index in [1.54, 1.807) is 18.3 Å². The molecule has 0 saturated heterocycles. The molecule has 5 nitrogen and oxygen atoms in total. The minimum Gasteiger partial charge on any atom is -0.477 e. The van der Waals surface area contributed by atoms with E-state index in [9.17, 15) is 4.79 Å². The Bertz CT molecular complexity index is 614. The summed E-state index contributed by atoms with van der Waals surface area (Å²) in [4.78, 5) is 18.3. The third-order valence-electron chi connectivity index (χ3n) is 3.77. The smallest absolute Gasteiger partial charge is 0.354 e. The Morgan fingerprint density at radius 3 is 3.05 bits per heavy atom. The molecule has 0 atom stereocenters. The highest BCUT2D eigenvalue weighted by atomic mass is 16.4. The first-order chi connectivity index (χ1) is 9.13. The zero-order valence-electron chi connectivity index (χ0n) is 10.8. The monoisotopic (exact) mass is 259 g/mol. The fraction of sp³-hybridized carbons (Fsp3) is 0.429. The number of rotatable bonds is 4. The number of H-pyrrole nitrogens is 1. The Balaban J connectivity index is 1.84. The first-order valence-electron chi connectivity index (χ1n) is 6.57. The zero-order chi connectivity index (χ0) is 13.4. The molecular formula is C14H17N3O2. The summed E-state index contributed by atoms with van der Waals surface area (Å²) < 4.78 is 0. The van der Waals surface area contributed by atoms with Gasteiger partial charge < -0.3 is 15.4 Å². The van der Waals surface area contributed by atoms with Crippen molar-refractivity contribution in [2.45, 2.75) is 32.4 Å². The third-order valence-corrected chi connectivity index (χ3v) is 3.77. The number of carbonyl (C=O) groups is 1. The van der Waals surface area contributed by atoms with Crippen molar-refractivity contribution in [3.63, 3.8) is 0 Å². The highest BCUT2D eigenvalue weighted by molar-refractivity contribution is 5.90. The topological polar surface area (TPSA) is 78.0 Å². The molecule has 0 aliphatic heterocycles. The van der Waals surface area contributed by atoms with Gasteiger partial charge in [-0.15, -0.1) is 0 Å². The fourth-order valence-corrected chi connectivity index (χ4v) is 2.68. The Morgan fingerprint density at radius 2 is 2.37 bits per heavy atom. The molecule has 2 aromatic heterocycles. The Labute approximate surface area is 111 Å². The molecule has 0 unspecified atom stereocenters. The maximum Gasteiger partial charge on any atom is 0.354 e. The molecule has 3 rings (SSSR count). The molecule has 0 amide bonds. The van der Waals surface area contributed by atoms with Crippen molar-refractivity contribution in [1.82, 2.24) is 15.3 Å². The van der Waals surface area contributed by atoms with Crippen molar-refractivity contribution in [3.05, 3.63) is 29.6 Å². The first-order valence-corrected chi connectivity index (χ1v) is 6.57.